The fourth-order valence-electron chi connectivity index (χ4n) is 1.90. The highest BCUT2D eigenvalue weighted by molar-refractivity contribution is 7.48. The highest BCUT2D eigenvalue weighted by atomic mass is 31.2. The van der Waals surface area contributed by atoms with Gasteiger partial charge in [-0.25, -0.2) is 4.57 Å². The van der Waals surface area contributed by atoms with E-state index in [1.165, 1.54) is 0 Å². The van der Waals surface area contributed by atoms with Crippen molar-refractivity contribution >= 4 is 7.82 Å². The van der Waals surface area contributed by atoms with Crippen LogP contribution < -0.4 is 4.52 Å². The van der Waals surface area contributed by atoms with E-state index in [0.29, 0.717) is 5.56 Å². The molecule has 0 saturated heterocycles. The lowest BCUT2D eigenvalue weighted by Crippen LogP contribution is -2.06. The minimum atomic E-state index is -4.51. The first-order valence-corrected chi connectivity index (χ1v) is 7.93. The monoisotopic (exact) mass is 346 g/mol. The molecule has 0 atom stereocenters. The molecular formula is C15H14F3O4P. The zero-order chi connectivity index (χ0) is 17.1. The summed E-state index contributed by atoms with van der Waals surface area (Å²) in [6, 6.07) is 11.2. The maximum Gasteiger partial charge on any atom is 0.529 e. The van der Waals surface area contributed by atoms with E-state index in [9.17, 15) is 17.7 Å². The number of alkyl halides is 3. The second-order valence-corrected chi connectivity index (χ2v) is 6.29. The lowest BCUT2D eigenvalue weighted by molar-refractivity contribution is -0.137. The summed E-state index contributed by atoms with van der Waals surface area (Å²) in [7, 11) is -1.64. The van der Waals surface area contributed by atoms with Crippen LogP contribution in [0.15, 0.2) is 48.5 Å². The molecule has 4 nitrogen and oxygen atoms in total. The third kappa shape index (κ3) is 4.13. The largest absolute Gasteiger partial charge is 0.529 e. The Morgan fingerprint density at radius 1 is 0.957 bits per heavy atom. The molecule has 0 aliphatic heterocycles. The molecule has 2 rings (SSSR count). The van der Waals surface area contributed by atoms with Crippen molar-refractivity contribution in [3.05, 3.63) is 54.1 Å². The smallest absolute Gasteiger partial charge is 0.403 e. The number of phosphoric ester groups is 1. The number of benzene rings is 2. The Labute approximate surface area is 131 Å². The molecule has 0 N–H and O–H groups in total. The van der Waals surface area contributed by atoms with Crippen molar-refractivity contribution in [1.29, 1.82) is 0 Å². The van der Waals surface area contributed by atoms with Crippen molar-refractivity contribution < 1.29 is 31.3 Å². The van der Waals surface area contributed by atoms with Crippen LogP contribution in [-0.4, -0.2) is 14.2 Å². The number of rotatable bonds is 5. The minimum absolute atomic E-state index is 0.0313. The molecule has 8 heteroatoms. The maximum atomic E-state index is 12.9. The van der Waals surface area contributed by atoms with Crippen LogP contribution in [0.5, 0.6) is 5.75 Å². The molecule has 0 aromatic heterocycles. The van der Waals surface area contributed by atoms with Crippen LogP contribution in [0.25, 0.3) is 11.1 Å². The molecule has 2 aromatic rings. The molecule has 23 heavy (non-hydrogen) atoms. The van der Waals surface area contributed by atoms with Crippen LogP contribution in [-0.2, 0) is 19.8 Å². The predicted molar refractivity (Wildman–Crippen MR) is 79.1 cm³/mol. The molecule has 0 unspecified atom stereocenters. The van der Waals surface area contributed by atoms with Gasteiger partial charge in [-0.3, -0.25) is 9.05 Å². The van der Waals surface area contributed by atoms with Gasteiger partial charge in [0.05, 0.1) is 5.56 Å². The molecule has 0 heterocycles. The molecule has 2 aromatic carbocycles. The standard InChI is InChI=1S/C15H14F3O4P/c1-20-23(19,21-2)22-14-9-8-12(15(16,17)18)10-13(14)11-6-4-3-5-7-11/h3-10H,1-2H3. The molecule has 0 spiro atoms. The van der Waals surface area contributed by atoms with Crippen molar-refractivity contribution in [3.63, 3.8) is 0 Å². The summed E-state index contributed by atoms with van der Waals surface area (Å²) in [6.07, 6.45) is -4.51. The lowest BCUT2D eigenvalue weighted by atomic mass is 10.0. The fraction of sp³-hybridized carbons (Fsp3) is 0.200. The fourth-order valence-corrected chi connectivity index (χ4v) is 2.60. The second kappa shape index (κ2) is 6.74. The Kier molecular flexibility index (Phi) is 5.14. The van der Waals surface area contributed by atoms with Gasteiger partial charge in [-0.1, -0.05) is 30.3 Å². The molecule has 0 radical (unpaired) electrons. The Morgan fingerprint density at radius 2 is 1.57 bits per heavy atom. The van der Waals surface area contributed by atoms with Crippen LogP contribution in [0.3, 0.4) is 0 Å². The number of hydrogen-bond acceptors (Lipinski definition) is 4. The zero-order valence-electron chi connectivity index (χ0n) is 12.3. The van der Waals surface area contributed by atoms with E-state index < -0.39 is 19.6 Å². The molecule has 0 aliphatic rings. The Bertz CT molecular complexity index is 708. The van der Waals surface area contributed by atoms with Crippen molar-refractivity contribution in [1.82, 2.24) is 0 Å². The highest BCUT2D eigenvalue weighted by Gasteiger charge is 2.33. The summed E-state index contributed by atoms with van der Waals surface area (Å²) >= 11 is 0. The topological polar surface area (TPSA) is 44.8 Å². The summed E-state index contributed by atoms with van der Waals surface area (Å²) in [5.41, 5.74) is -0.226. The summed E-state index contributed by atoms with van der Waals surface area (Å²) in [6.45, 7) is 0. The Balaban J connectivity index is 2.56. The molecule has 0 fully saturated rings. The van der Waals surface area contributed by atoms with Crippen molar-refractivity contribution in [2.45, 2.75) is 6.18 Å². The van der Waals surface area contributed by atoms with Crippen LogP contribution in [0.4, 0.5) is 13.2 Å². The minimum Gasteiger partial charge on any atom is -0.403 e. The third-order valence-corrected chi connectivity index (χ3v) is 4.36. The summed E-state index contributed by atoms with van der Waals surface area (Å²) in [5, 5.41) is 0. The first kappa shape index (κ1) is 17.5. The van der Waals surface area contributed by atoms with Gasteiger partial charge in [-0.05, 0) is 23.8 Å². The van der Waals surface area contributed by atoms with Gasteiger partial charge in [0.15, 0.2) is 0 Å². The van der Waals surface area contributed by atoms with Crippen molar-refractivity contribution in [3.8, 4) is 16.9 Å². The van der Waals surface area contributed by atoms with E-state index in [4.69, 9.17) is 4.52 Å². The van der Waals surface area contributed by atoms with E-state index in [1.807, 2.05) is 0 Å². The molecule has 0 aliphatic carbocycles. The molecule has 124 valence electrons. The van der Waals surface area contributed by atoms with Gasteiger partial charge in [0.1, 0.15) is 5.75 Å². The van der Waals surface area contributed by atoms with E-state index in [1.54, 1.807) is 30.3 Å². The quantitative estimate of drug-likeness (QED) is 0.702. The van der Waals surface area contributed by atoms with E-state index in [-0.39, 0.29) is 11.3 Å². The number of hydrogen-bond donors (Lipinski definition) is 0. The second-order valence-electron chi connectivity index (χ2n) is 4.48. The molecular weight excluding hydrogens is 332 g/mol. The normalized spacial score (nSPS) is 12.2. The average Bonchev–Trinajstić information content (AvgIpc) is 2.55. The summed E-state index contributed by atoms with van der Waals surface area (Å²) < 4.78 is 65.5. The average molecular weight is 346 g/mol. The van der Waals surface area contributed by atoms with E-state index in [2.05, 4.69) is 9.05 Å². The van der Waals surface area contributed by atoms with Crippen LogP contribution >= 0.6 is 7.82 Å². The van der Waals surface area contributed by atoms with Crippen molar-refractivity contribution in [2.75, 3.05) is 14.2 Å². The Hall–Kier alpha value is -1.82. The maximum absolute atomic E-state index is 12.9. The predicted octanol–water partition coefficient (Wildman–Crippen LogP) is 5.15. The molecule has 0 amide bonds. The first-order chi connectivity index (χ1) is 10.8. The van der Waals surface area contributed by atoms with Crippen LogP contribution in [0.2, 0.25) is 0 Å². The van der Waals surface area contributed by atoms with Gasteiger partial charge >= 0.3 is 14.0 Å². The van der Waals surface area contributed by atoms with Gasteiger partial charge in [0, 0.05) is 19.8 Å². The summed E-state index contributed by atoms with van der Waals surface area (Å²) in [5.74, 6) is -0.0313. The van der Waals surface area contributed by atoms with Gasteiger partial charge < -0.3 is 4.52 Å². The van der Waals surface area contributed by atoms with Gasteiger partial charge in [-0.2, -0.15) is 13.2 Å². The zero-order valence-corrected chi connectivity index (χ0v) is 13.2. The van der Waals surface area contributed by atoms with Gasteiger partial charge in [0.25, 0.3) is 0 Å². The van der Waals surface area contributed by atoms with Crippen molar-refractivity contribution in [2.24, 2.45) is 0 Å². The highest BCUT2D eigenvalue weighted by Crippen LogP contribution is 2.50. The first-order valence-electron chi connectivity index (χ1n) is 6.47. The molecule has 0 saturated carbocycles. The molecule has 0 bridgehead atoms. The van der Waals surface area contributed by atoms with Gasteiger partial charge in [0.2, 0.25) is 0 Å². The van der Waals surface area contributed by atoms with Crippen LogP contribution in [0, 0.1) is 0 Å². The van der Waals surface area contributed by atoms with Crippen LogP contribution in [0.1, 0.15) is 5.56 Å². The summed E-state index contributed by atoms with van der Waals surface area (Å²) in [4.78, 5) is 0. The van der Waals surface area contributed by atoms with Gasteiger partial charge in [-0.15, -0.1) is 0 Å². The number of halogens is 3. The lowest BCUT2D eigenvalue weighted by Gasteiger charge is -2.18. The van der Waals surface area contributed by atoms with E-state index in [0.717, 1.165) is 32.4 Å². The van der Waals surface area contributed by atoms with E-state index >= 15 is 0 Å². The SMILES string of the molecule is COP(=O)(OC)Oc1ccc(C(F)(F)F)cc1-c1ccccc1. The Morgan fingerprint density at radius 3 is 2.09 bits per heavy atom. The number of phosphoric acid groups is 1. The third-order valence-electron chi connectivity index (χ3n) is 3.05.